The van der Waals surface area contributed by atoms with Crippen LogP contribution in [0.2, 0.25) is 5.28 Å². The number of nitrogens with one attached hydrogen (secondary N) is 2. The number of aryl methyl sites for hydroxylation is 1. The number of nitrogens with zero attached hydrogens (tertiary/aromatic N) is 5. The van der Waals surface area contributed by atoms with Crippen LogP contribution in [-0.4, -0.2) is 42.7 Å². The summed E-state index contributed by atoms with van der Waals surface area (Å²) in [6.45, 7) is 5.47. The van der Waals surface area contributed by atoms with Crippen LogP contribution in [0.25, 0.3) is 0 Å². The van der Waals surface area contributed by atoms with Gasteiger partial charge in [-0.3, -0.25) is 0 Å². The summed E-state index contributed by atoms with van der Waals surface area (Å²) in [4.78, 5) is 29.1. The summed E-state index contributed by atoms with van der Waals surface area (Å²) in [5.74, 6) is 0.286. The number of rotatable bonds is 7. The summed E-state index contributed by atoms with van der Waals surface area (Å²) in [5, 5.41) is 5.87. The SMILES string of the molecule is Cn1cnc(Cc2nc(Cl)nc(NC(CNC(=O)OC(C)(C)C)c3ccc(F)cc3)n2)c1. The lowest BCUT2D eigenvalue weighted by atomic mass is 10.1. The molecule has 0 aliphatic heterocycles. The first-order chi connectivity index (χ1) is 15.1. The summed E-state index contributed by atoms with van der Waals surface area (Å²) in [5.41, 5.74) is 0.859. The van der Waals surface area contributed by atoms with Gasteiger partial charge in [0.15, 0.2) is 0 Å². The van der Waals surface area contributed by atoms with Crippen LogP contribution in [-0.2, 0) is 18.2 Å². The second kappa shape index (κ2) is 9.90. The fraction of sp³-hybridized carbons (Fsp3) is 0.381. The average Bonchev–Trinajstić information content (AvgIpc) is 3.08. The Balaban J connectivity index is 1.79. The van der Waals surface area contributed by atoms with Crippen LogP contribution in [0.5, 0.6) is 0 Å². The zero-order valence-corrected chi connectivity index (χ0v) is 19.0. The van der Waals surface area contributed by atoms with Crippen LogP contribution in [0.1, 0.15) is 43.9 Å². The number of aromatic nitrogens is 5. The molecule has 0 radical (unpaired) electrons. The van der Waals surface area contributed by atoms with Gasteiger partial charge >= 0.3 is 6.09 Å². The van der Waals surface area contributed by atoms with Gasteiger partial charge in [-0.25, -0.2) is 19.2 Å². The van der Waals surface area contributed by atoms with E-state index in [2.05, 4.69) is 30.6 Å². The van der Waals surface area contributed by atoms with Gasteiger partial charge in [-0.15, -0.1) is 0 Å². The Morgan fingerprint density at radius 1 is 1.22 bits per heavy atom. The second-order valence-electron chi connectivity index (χ2n) is 8.18. The summed E-state index contributed by atoms with van der Waals surface area (Å²) < 4.78 is 20.5. The van der Waals surface area contributed by atoms with Crippen LogP contribution in [0.4, 0.5) is 15.1 Å². The molecule has 0 saturated heterocycles. The molecule has 0 aliphatic carbocycles. The third kappa shape index (κ3) is 7.16. The molecule has 1 unspecified atom stereocenters. The smallest absolute Gasteiger partial charge is 0.407 e. The topological polar surface area (TPSA) is 107 Å². The molecule has 9 nitrogen and oxygen atoms in total. The normalized spacial score (nSPS) is 12.3. The van der Waals surface area contributed by atoms with Crippen LogP contribution in [0, 0.1) is 5.82 Å². The fourth-order valence-electron chi connectivity index (χ4n) is 2.86. The van der Waals surface area contributed by atoms with Gasteiger partial charge < -0.3 is 19.9 Å². The number of carbonyl (C=O) groups excluding carboxylic acids is 1. The number of alkyl carbamates (subject to hydrolysis) is 1. The Hall–Kier alpha value is -3.27. The van der Waals surface area contributed by atoms with E-state index in [1.807, 2.05) is 17.8 Å². The number of carbonyl (C=O) groups is 1. The van der Waals surface area contributed by atoms with E-state index < -0.39 is 17.7 Å². The Bertz CT molecular complexity index is 1070. The van der Waals surface area contributed by atoms with Crippen LogP contribution < -0.4 is 10.6 Å². The minimum atomic E-state index is -0.634. The molecule has 0 bridgehead atoms. The lowest BCUT2D eigenvalue weighted by Gasteiger charge is -2.23. The van der Waals surface area contributed by atoms with Crippen molar-refractivity contribution in [1.29, 1.82) is 0 Å². The summed E-state index contributed by atoms with van der Waals surface area (Å²) in [6.07, 6.45) is 3.34. The highest BCUT2D eigenvalue weighted by atomic mass is 35.5. The van der Waals surface area contributed by atoms with Gasteiger partial charge in [-0.05, 0) is 50.1 Å². The van der Waals surface area contributed by atoms with E-state index in [1.165, 1.54) is 12.1 Å². The molecule has 0 saturated carbocycles. The summed E-state index contributed by atoms with van der Waals surface area (Å²) in [7, 11) is 1.87. The molecule has 3 aromatic rings. The molecule has 0 aliphatic rings. The molecular formula is C21H25ClFN7O2. The minimum Gasteiger partial charge on any atom is -0.444 e. The number of amides is 1. The maximum absolute atomic E-state index is 13.4. The Morgan fingerprint density at radius 2 is 1.94 bits per heavy atom. The van der Waals surface area contributed by atoms with E-state index in [0.29, 0.717) is 17.8 Å². The highest BCUT2D eigenvalue weighted by molar-refractivity contribution is 6.28. The number of ether oxygens (including phenoxy) is 1. The number of benzene rings is 1. The molecule has 2 N–H and O–H groups in total. The van der Waals surface area contributed by atoms with Gasteiger partial charge in [0, 0.05) is 19.8 Å². The molecular weight excluding hydrogens is 437 g/mol. The van der Waals surface area contributed by atoms with Gasteiger partial charge in [0.25, 0.3) is 0 Å². The number of halogens is 2. The monoisotopic (exact) mass is 461 g/mol. The molecule has 2 aromatic heterocycles. The lowest BCUT2D eigenvalue weighted by Crippen LogP contribution is -2.36. The molecule has 0 spiro atoms. The molecule has 2 heterocycles. The van der Waals surface area contributed by atoms with E-state index in [9.17, 15) is 9.18 Å². The van der Waals surface area contributed by atoms with Gasteiger partial charge in [-0.2, -0.15) is 9.97 Å². The number of hydrogen-bond donors (Lipinski definition) is 2. The van der Waals surface area contributed by atoms with E-state index in [0.717, 1.165) is 5.69 Å². The van der Waals surface area contributed by atoms with Crippen LogP contribution >= 0.6 is 11.6 Å². The molecule has 0 fully saturated rings. The van der Waals surface area contributed by atoms with E-state index >= 15 is 0 Å². The van der Waals surface area contributed by atoms with Crippen molar-refractivity contribution in [3.8, 4) is 0 Å². The second-order valence-corrected chi connectivity index (χ2v) is 8.52. The molecule has 170 valence electrons. The van der Waals surface area contributed by atoms with Crippen molar-refractivity contribution in [2.75, 3.05) is 11.9 Å². The number of hydrogen-bond acceptors (Lipinski definition) is 7. The Morgan fingerprint density at radius 3 is 2.56 bits per heavy atom. The maximum Gasteiger partial charge on any atom is 0.407 e. The number of anilines is 1. The minimum absolute atomic E-state index is 0.0198. The van der Waals surface area contributed by atoms with Crippen LogP contribution in [0.15, 0.2) is 36.8 Å². The predicted molar refractivity (Wildman–Crippen MR) is 118 cm³/mol. The Labute approximate surface area is 190 Å². The van der Waals surface area contributed by atoms with Crippen molar-refractivity contribution >= 4 is 23.6 Å². The summed E-state index contributed by atoms with van der Waals surface area (Å²) >= 11 is 6.10. The molecule has 32 heavy (non-hydrogen) atoms. The zero-order valence-electron chi connectivity index (χ0n) is 18.3. The molecule has 1 aromatic carbocycles. The van der Waals surface area contributed by atoms with Gasteiger partial charge in [0.2, 0.25) is 11.2 Å². The quantitative estimate of drug-likeness (QED) is 0.552. The molecule has 3 rings (SSSR count). The van der Waals surface area contributed by atoms with Crippen LogP contribution in [0.3, 0.4) is 0 Å². The molecule has 1 amide bonds. The van der Waals surface area contributed by atoms with E-state index in [-0.39, 0.29) is 23.6 Å². The predicted octanol–water partition coefficient (Wildman–Crippen LogP) is 3.67. The first-order valence-corrected chi connectivity index (χ1v) is 10.3. The summed E-state index contributed by atoms with van der Waals surface area (Å²) in [6, 6.07) is 5.42. The third-order valence-corrected chi connectivity index (χ3v) is 4.35. The highest BCUT2D eigenvalue weighted by Crippen LogP contribution is 2.19. The molecule has 1 atom stereocenters. The Kier molecular flexibility index (Phi) is 7.24. The van der Waals surface area contributed by atoms with Crippen molar-refractivity contribution in [2.24, 2.45) is 7.05 Å². The first-order valence-electron chi connectivity index (χ1n) is 9.93. The number of imidazole rings is 1. The highest BCUT2D eigenvalue weighted by Gasteiger charge is 2.20. The first kappa shape index (κ1) is 23.4. The average molecular weight is 462 g/mol. The van der Waals surface area contributed by atoms with E-state index in [1.54, 1.807) is 39.2 Å². The standard InChI is InChI=1S/C21H25ClFN7O2/c1-21(2,3)32-20(31)24-10-16(13-5-7-14(23)8-6-13)26-19-28-17(27-18(22)29-19)9-15-11-30(4)12-25-15/h5-8,11-12,16H,9-10H2,1-4H3,(H,24,31)(H,26,27,28,29). The van der Waals surface area contributed by atoms with Gasteiger partial charge in [-0.1, -0.05) is 12.1 Å². The lowest BCUT2D eigenvalue weighted by molar-refractivity contribution is 0.0525. The van der Waals surface area contributed by atoms with Crippen molar-refractivity contribution < 1.29 is 13.9 Å². The van der Waals surface area contributed by atoms with Crippen molar-refractivity contribution in [1.82, 2.24) is 29.8 Å². The van der Waals surface area contributed by atoms with Crippen molar-refractivity contribution in [3.05, 3.63) is 65.0 Å². The zero-order chi connectivity index (χ0) is 23.3. The van der Waals surface area contributed by atoms with Crippen molar-refractivity contribution in [3.63, 3.8) is 0 Å². The third-order valence-electron chi connectivity index (χ3n) is 4.18. The fourth-order valence-corrected chi connectivity index (χ4v) is 3.04. The van der Waals surface area contributed by atoms with Gasteiger partial charge in [0.05, 0.1) is 24.5 Å². The largest absolute Gasteiger partial charge is 0.444 e. The van der Waals surface area contributed by atoms with Crippen molar-refractivity contribution in [2.45, 2.75) is 38.8 Å². The molecule has 11 heteroatoms. The van der Waals surface area contributed by atoms with Gasteiger partial charge in [0.1, 0.15) is 17.2 Å². The maximum atomic E-state index is 13.4. The van der Waals surface area contributed by atoms with E-state index in [4.69, 9.17) is 16.3 Å².